The van der Waals surface area contributed by atoms with E-state index in [-0.39, 0.29) is 10.9 Å². The maximum absolute atomic E-state index is 13.2. The number of carbonyl (C=O) groups excluding carboxylic acids is 1. The van der Waals surface area contributed by atoms with Crippen LogP contribution in [0.3, 0.4) is 0 Å². The van der Waals surface area contributed by atoms with Crippen molar-refractivity contribution in [3.05, 3.63) is 39.9 Å². The number of H-pyrrole nitrogens is 1. The van der Waals surface area contributed by atoms with Gasteiger partial charge in [0.15, 0.2) is 11.5 Å². The fourth-order valence-electron chi connectivity index (χ4n) is 2.77. The van der Waals surface area contributed by atoms with Crippen LogP contribution in [0, 0.1) is 19.8 Å². The molecule has 27 heavy (non-hydrogen) atoms. The highest BCUT2D eigenvalue weighted by Crippen LogP contribution is 2.37. The lowest BCUT2D eigenvalue weighted by Crippen LogP contribution is -2.33. The molecule has 1 amide bonds. The number of aromatic amines is 1. The first kappa shape index (κ1) is 21.1. The molecule has 2 rings (SSSR count). The molecule has 0 saturated heterocycles. The van der Waals surface area contributed by atoms with Crippen molar-refractivity contribution in [1.29, 1.82) is 0 Å². The fraction of sp³-hybridized carbons (Fsp3) is 0.500. The van der Waals surface area contributed by atoms with Crippen LogP contribution in [0.1, 0.15) is 47.8 Å². The highest BCUT2D eigenvalue weighted by atomic mass is 35.5. The lowest BCUT2D eigenvalue weighted by Gasteiger charge is -2.24. The number of hydrogen-bond acceptors (Lipinski definition) is 4. The Morgan fingerprint density at radius 1 is 1.26 bits per heavy atom. The molecule has 2 aromatic rings. The van der Waals surface area contributed by atoms with E-state index in [4.69, 9.17) is 21.1 Å². The number of halogens is 1. The Labute approximate surface area is 165 Å². The summed E-state index contributed by atoms with van der Waals surface area (Å²) in [4.78, 5) is 22.8. The van der Waals surface area contributed by atoms with Gasteiger partial charge in [0.2, 0.25) is 0 Å². The monoisotopic (exact) mass is 393 g/mol. The van der Waals surface area contributed by atoms with Crippen LogP contribution in [0.2, 0.25) is 5.02 Å². The third-order valence-corrected chi connectivity index (χ3v) is 4.87. The Morgan fingerprint density at radius 3 is 2.48 bits per heavy atom. The van der Waals surface area contributed by atoms with Crippen LogP contribution in [-0.2, 0) is 6.54 Å². The summed E-state index contributed by atoms with van der Waals surface area (Å²) in [6, 6.07) is 3.37. The lowest BCUT2D eigenvalue weighted by atomic mass is 10.1. The standard InChI is InChI=1S/C20H28ClN3O3/c1-12(2)9-10-24(11-17-22-13(3)14(4)23-17)20(25)15-7-8-16(26-5)19(27-6)18(15)21/h7-8,12H,9-11H2,1-6H3,(H,22,23). The summed E-state index contributed by atoms with van der Waals surface area (Å²) < 4.78 is 10.6. The van der Waals surface area contributed by atoms with Crippen molar-refractivity contribution in [2.45, 2.75) is 40.7 Å². The number of ether oxygens (including phenoxy) is 2. The van der Waals surface area contributed by atoms with E-state index < -0.39 is 0 Å². The maximum Gasteiger partial charge on any atom is 0.255 e. The van der Waals surface area contributed by atoms with Crippen LogP contribution in [0.25, 0.3) is 0 Å². The Kier molecular flexibility index (Phi) is 7.13. The molecule has 148 valence electrons. The van der Waals surface area contributed by atoms with Crippen LogP contribution in [0.5, 0.6) is 11.5 Å². The summed E-state index contributed by atoms with van der Waals surface area (Å²) in [5.74, 6) is 1.93. The topological polar surface area (TPSA) is 67.5 Å². The van der Waals surface area contributed by atoms with E-state index in [9.17, 15) is 4.79 Å². The third kappa shape index (κ3) is 4.95. The molecule has 6 nitrogen and oxygen atoms in total. The molecule has 0 aliphatic heterocycles. The average Bonchev–Trinajstić information content (AvgIpc) is 2.94. The number of methoxy groups -OCH3 is 2. The van der Waals surface area contributed by atoms with Crippen LogP contribution in [-0.4, -0.2) is 41.5 Å². The van der Waals surface area contributed by atoms with E-state index in [1.54, 1.807) is 17.0 Å². The molecule has 0 spiro atoms. The van der Waals surface area contributed by atoms with Crippen molar-refractivity contribution < 1.29 is 14.3 Å². The van der Waals surface area contributed by atoms with Crippen molar-refractivity contribution in [3.8, 4) is 11.5 Å². The zero-order valence-electron chi connectivity index (χ0n) is 16.9. The molecular formula is C20H28ClN3O3. The number of rotatable bonds is 8. The van der Waals surface area contributed by atoms with Gasteiger partial charge in [0, 0.05) is 12.2 Å². The molecule has 0 radical (unpaired) electrons. The maximum atomic E-state index is 13.2. The first-order valence-electron chi connectivity index (χ1n) is 9.00. The molecule has 0 atom stereocenters. The van der Waals surface area contributed by atoms with Crippen LogP contribution >= 0.6 is 11.6 Å². The number of nitrogens with zero attached hydrogens (tertiary/aromatic N) is 2. The van der Waals surface area contributed by atoms with Gasteiger partial charge in [0.25, 0.3) is 5.91 Å². The van der Waals surface area contributed by atoms with E-state index >= 15 is 0 Å². The molecule has 0 unspecified atom stereocenters. The normalized spacial score (nSPS) is 11.0. The molecule has 7 heteroatoms. The summed E-state index contributed by atoms with van der Waals surface area (Å²) in [5, 5.41) is 0.253. The minimum absolute atomic E-state index is 0.159. The smallest absolute Gasteiger partial charge is 0.255 e. The van der Waals surface area contributed by atoms with Crippen LogP contribution in [0.4, 0.5) is 0 Å². The summed E-state index contributed by atoms with van der Waals surface area (Å²) in [5.41, 5.74) is 2.33. The number of imidazole rings is 1. The predicted octanol–water partition coefficient (Wildman–Crippen LogP) is 4.39. The van der Waals surface area contributed by atoms with Gasteiger partial charge in [-0.05, 0) is 38.3 Å². The van der Waals surface area contributed by atoms with E-state index in [0.29, 0.717) is 36.1 Å². The van der Waals surface area contributed by atoms with E-state index in [1.165, 1.54) is 14.2 Å². The van der Waals surface area contributed by atoms with Gasteiger partial charge in [-0.2, -0.15) is 0 Å². The van der Waals surface area contributed by atoms with Gasteiger partial charge in [0.05, 0.1) is 37.0 Å². The average molecular weight is 394 g/mol. The van der Waals surface area contributed by atoms with Crippen molar-refractivity contribution >= 4 is 17.5 Å². The number of carbonyl (C=O) groups is 1. The molecule has 0 fully saturated rings. The predicted molar refractivity (Wildman–Crippen MR) is 107 cm³/mol. The molecule has 0 saturated carbocycles. The molecule has 0 aliphatic carbocycles. The summed E-state index contributed by atoms with van der Waals surface area (Å²) in [6.07, 6.45) is 0.884. The Balaban J connectivity index is 2.35. The highest BCUT2D eigenvalue weighted by molar-refractivity contribution is 6.35. The number of benzene rings is 1. The van der Waals surface area contributed by atoms with Gasteiger partial charge in [0.1, 0.15) is 5.82 Å². The quantitative estimate of drug-likeness (QED) is 0.722. The summed E-state index contributed by atoms with van der Waals surface area (Å²) in [6.45, 7) is 9.18. The number of aromatic nitrogens is 2. The molecular weight excluding hydrogens is 366 g/mol. The Morgan fingerprint density at radius 2 is 1.96 bits per heavy atom. The number of amides is 1. The lowest BCUT2D eigenvalue weighted by molar-refractivity contribution is 0.0731. The third-order valence-electron chi connectivity index (χ3n) is 4.50. The molecule has 1 heterocycles. The van der Waals surface area contributed by atoms with Gasteiger partial charge in [-0.25, -0.2) is 4.98 Å². The summed E-state index contributed by atoms with van der Waals surface area (Å²) >= 11 is 6.45. The molecule has 0 aliphatic rings. The second-order valence-electron chi connectivity index (χ2n) is 6.97. The van der Waals surface area contributed by atoms with Crippen molar-refractivity contribution in [2.24, 2.45) is 5.92 Å². The van der Waals surface area contributed by atoms with E-state index in [2.05, 4.69) is 23.8 Å². The van der Waals surface area contributed by atoms with Crippen molar-refractivity contribution in [2.75, 3.05) is 20.8 Å². The van der Waals surface area contributed by atoms with Crippen molar-refractivity contribution in [3.63, 3.8) is 0 Å². The number of aryl methyl sites for hydroxylation is 2. The zero-order valence-corrected chi connectivity index (χ0v) is 17.6. The second kappa shape index (κ2) is 9.13. The molecule has 1 aromatic heterocycles. The zero-order chi connectivity index (χ0) is 20.1. The van der Waals surface area contributed by atoms with E-state index in [1.807, 2.05) is 13.8 Å². The van der Waals surface area contributed by atoms with Crippen molar-refractivity contribution in [1.82, 2.24) is 14.9 Å². The minimum Gasteiger partial charge on any atom is -0.493 e. The van der Waals surface area contributed by atoms with Gasteiger partial charge in [-0.15, -0.1) is 0 Å². The largest absolute Gasteiger partial charge is 0.493 e. The number of nitrogens with one attached hydrogen (secondary N) is 1. The number of hydrogen-bond donors (Lipinski definition) is 1. The van der Waals surface area contributed by atoms with Gasteiger partial charge in [-0.1, -0.05) is 25.4 Å². The molecule has 0 bridgehead atoms. The van der Waals surface area contributed by atoms with Crippen LogP contribution in [0.15, 0.2) is 12.1 Å². The SMILES string of the molecule is COc1ccc(C(=O)N(CCC(C)C)Cc2nc(C)c(C)[nH]2)c(Cl)c1OC. The molecule has 1 aromatic carbocycles. The highest BCUT2D eigenvalue weighted by Gasteiger charge is 2.24. The van der Waals surface area contributed by atoms with Crippen LogP contribution < -0.4 is 9.47 Å². The molecule has 1 N–H and O–H groups in total. The Bertz CT molecular complexity index is 783. The second-order valence-corrected chi connectivity index (χ2v) is 7.34. The summed E-state index contributed by atoms with van der Waals surface area (Å²) in [7, 11) is 3.04. The van der Waals surface area contributed by atoms with Gasteiger partial charge in [-0.3, -0.25) is 4.79 Å². The first-order chi connectivity index (χ1) is 12.8. The minimum atomic E-state index is -0.159. The van der Waals surface area contributed by atoms with Gasteiger partial charge >= 0.3 is 0 Å². The first-order valence-corrected chi connectivity index (χ1v) is 9.38. The van der Waals surface area contributed by atoms with E-state index in [0.717, 1.165) is 23.6 Å². The Hall–Kier alpha value is -2.21. The fourth-order valence-corrected chi connectivity index (χ4v) is 3.08. The van der Waals surface area contributed by atoms with Gasteiger partial charge < -0.3 is 19.4 Å².